The van der Waals surface area contributed by atoms with E-state index in [4.69, 9.17) is 4.74 Å². The molecule has 0 saturated heterocycles. The van der Waals surface area contributed by atoms with Gasteiger partial charge in [0.15, 0.2) is 0 Å². The molecule has 0 N–H and O–H groups in total. The zero-order chi connectivity index (χ0) is 12.2. The van der Waals surface area contributed by atoms with Crippen LogP contribution in [-0.2, 0) is 14.9 Å². The lowest BCUT2D eigenvalue weighted by atomic mass is 9.79. The monoisotopic (exact) mass is 284 g/mol. The minimum atomic E-state index is -0.565. The van der Waals surface area contributed by atoms with E-state index in [2.05, 4.69) is 15.9 Å². The third kappa shape index (κ3) is 2.64. The molecule has 1 aromatic rings. The van der Waals surface area contributed by atoms with Crippen LogP contribution >= 0.6 is 15.9 Å². The highest BCUT2D eigenvalue weighted by molar-refractivity contribution is 9.09. The molecule has 0 spiro atoms. The van der Waals surface area contributed by atoms with E-state index >= 15 is 0 Å². The molecule has 0 aliphatic heterocycles. The van der Waals surface area contributed by atoms with Crippen molar-refractivity contribution in [2.45, 2.75) is 25.7 Å². The minimum absolute atomic E-state index is 0.183. The summed E-state index contributed by atoms with van der Waals surface area (Å²) in [6.45, 7) is 3.95. The molecule has 0 heterocycles. The van der Waals surface area contributed by atoms with E-state index in [0.29, 0.717) is 0 Å². The summed E-state index contributed by atoms with van der Waals surface area (Å²) in [4.78, 5) is 11.9. The third-order valence-corrected chi connectivity index (χ3v) is 3.28. The van der Waals surface area contributed by atoms with Gasteiger partial charge in [-0.2, -0.15) is 0 Å². The summed E-state index contributed by atoms with van der Waals surface area (Å²) >= 11 is 3.39. The molecule has 16 heavy (non-hydrogen) atoms. The zero-order valence-corrected chi connectivity index (χ0v) is 11.5. The maximum Gasteiger partial charge on any atom is 0.316 e. The first kappa shape index (κ1) is 13.2. The second-order valence-corrected chi connectivity index (χ2v) is 4.93. The molecule has 1 unspecified atom stereocenters. The number of hydrogen-bond acceptors (Lipinski definition) is 2. The quantitative estimate of drug-likeness (QED) is 0.627. The normalized spacial score (nSPS) is 14.2. The molecule has 3 heteroatoms. The van der Waals surface area contributed by atoms with E-state index < -0.39 is 5.41 Å². The van der Waals surface area contributed by atoms with Crippen molar-refractivity contribution in [2.75, 3.05) is 12.4 Å². The van der Waals surface area contributed by atoms with Crippen molar-refractivity contribution in [2.24, 2.45) is 0 Å². The number of benzene rings is 1. The lowest BCUT2D eigenvalue weighted by Crippen LogP contribution is -2.34. The lowest BCUT2D eigenvalue weighted by molar-refractivity contribution is -0.147. The van der Waals surface area contributed by atoms with Crippen LogP contribution in [0, 0.1) is 6.92 Å². The Bertz CT molecular complexity index is 376. The number of carbonyl (C=O) groups is 1. The number of halogens is 1. The Labute approximate surface area is 105 Å². The number of hydrogen-bond donors (Lipinski definition) is 0. The number of esters is 1. The Morgan fingerprint density at radius 1 is 1.50 bits per heavy atom. The number of methoxy groups -OCH3 is 1. The van der Waals surface area contributed by atoms with Crippen LogP contribution < -0.4 is 0 Å². The molecule has 0 radical (unpaired) electrons. The SMILES string of the molecule is COC(=O)C(C)(CCBr)c1cccc(C)c1. The highest BCUT2D eigenvalue weighted by Crippen LogP contribution is 2.30. The van der Waals surface area contributed by atoms with Gasteiger partial charge in [0.05, 0.1) is 12.5 Å². The van der Waals surface area contributed by atoms with E-state index in [-0.39, 0.29) is 5.97 Å². The molecular formula is C13H17BrO2. The summed E-state index contributed by atoms with van der Waals surface area (Å²) in [6.07, 6.45) is 0.725. The van der Waals surface area contributed by atoms with Crippen molar-refractivity contribution in [3.05, 3.63) is 35.4 Å². The molecule has 88 valence electrons. The lowest BCUT2D eigenvalue weighted by Gasteiger charge is -2.26. The maximum absolute atomic E-state index is 11.9. The van der Waals surface area contributed by atoms with E-state index in [9.17, 15) is 4.79 Å². The second-order valence-electron chi connectivity index (χ2n) is 4.13. The Kier molecular flexibility index (Phi) is 4.54. The number of aryl methyl sites for hydroxylation is 1. The van der Waals surface area contributed by atoms with Gasteiger partial charge < -0.3 is 4.74 Å². The molecule has 0 amide bonds. The van der Waals surface area contributed by atoms with Crippen LogP contribution in [-0.4, -0.2) is 18.4 Å². The van der Waals surface area contributed by atoms with Gasteiger partial charge in [0.2, 0.25) is 0 Å². The molecule has 0 aliphatic carbocycles. The molecule has 1 atom stereocenters. The first-order valence-corrected chi connectivity index (χ1v) is 6.38. The molecule has 0 fully saturated rings. The van der Waals surface area contributed by atoms with Crippen LogP contribution in [0.1, 0.15) is 24.5 Å². The predicted molar refractivity (Wildman–Crippen MR) is 69.0 cm³/mol. The van der Waals surface area contributed by atoms with Crippen LogP contribution in [0.15, 0.2) is 24.3 Å². The van der Waals surface area contributed by atoms with Crippen molar-refractivity contribution in [1.29, 1.82) is 0 Å². The summed E-state index contributed by atoms with van der Waals surface area (Å²) < 4.78 is 4.90. The molecule has 2 nitrogen and oxygen atoms in total. The van der Waals surface area contributed by atoms with Gasteiger partial charge in [-0.05, 0) is 25.8 Å². The summed E-state index contributed by atoms with van der Waals surface area (Å²) in [5.74, 6) is -0.183. The van der Waals surface area contributed by atoms with Gasteiger partial charge in [-0.3, -0.25) is 4.79 Å². The van der Waals surface area contributed by atoms with Crippen molar-refractivity contribution < 1.29 is 9.53 Å². The second kappa shape index (κ2) is 5.48. The molecule has 1 aromatic carbocycles. The van der Waals surface area contributed by atoms with Gasteiger partial charge in [-0.25, -0.2) is 0 Å². The van der Waals surface area contributed by atoms with Crippen LogP contribution in [0.5, 0.6) is 0 Å². The largest absolute Gasteiger partial charge is 0.468 e. The van der Waals surface area contributed by atoms with Crippen LogP contribution in [0.3, 0.4) is 0 Å². The fourth-order valence-corrected chi connectivity index (χ4v) is 2.56. The average Bonchev–Trinajstić information content (AvgIpc) is 2.28. The van der Waals surface area contributed by atoms with Crippen molar-refractivity contribution in [3.63, 3.8) is 0 Å². The molecule has 0 saturated carbocycles. The van der Waals surface area contributed by atoms with Gasteiger partial charge in [0.25, 0.3) is 0 Å². The van der Waals surface area contributed by atoms with Gasteiger partial charge in [-0.15, -0.1) is 0 Å². The third-order valence-electron chi connectivity index (χ3n) is 2.89. The van der Waals surface area contributed by atoms with Gasteiger partial charge in [0, 0.05) is 5.33 Å². The van der Waals surface area contributed by atoms with Crippen LogP contribution in [0.4, 0.5) is 0 Å². The fourth-order valence-electron chi connectivity index (χ4n) is 1.77. The van der Waals surface area contributed by atoms with Crippen molar-refractivity contribution in [1.82, 2.24) is 0 Å². The van der Waals surface area contributed by atoms with E-state index in [1.807, 2.05) is 38.1 Å². The number of carbonyl (C=O) groups excluding carboxylic acids is 1. The zero-order valence-electron chi connectivity index (χ0n) is 9.92. The van der Waals surface area contributed by atoms with Gasteiger partial charge >= 0.3 is 5.97 Å². The molecule has 0 bridgehead atoms. The Hall–Kier alpha value is -0.830. The summed E-state index contributed by atoms with van der Waals surface area (Å²) in [6, 6.07) is 8.02. The Balaban J connectivity index is 3.15. The maximum atomic E-state index is 11.9. The van der Waals surface area contributed by atoms with E-state index in [1.54, 1.807) is 0 Å². The summed E-state index contributed by atoms with van der Waals surface area (Å²) in [5, 5.41) is 0.770. The van der Waals surface area contributed by atoms with Gasteiger partial charge in [-0.1, -0.05) is 45.8 Å². The van der Waals surface area contributed by atoms with Crippen LogP contribution in [0.2, 0.25) is 0 Å². The average molecular weight is 285 g/mol. The first-order chi connectivity index (χ1) is 7.54. The fraction of sp³-hybridized carbons (Fsp3) is 0.462. The number of ether oxygens (including phenoxy) is 1. The topological polar surface area (TPSA) is 26.3 Å². The van der Waals surface area contributed by atoms with E-state index in [1.165, 1.54) is 7.11 Å². The standard InChI is InChI=1S/C13H17BrO2/c1-10-5-4-6-11(9-10)13(2,7-8-14)12(15)16-3/h4-6,9H,7-8H2,1-3H3. The highest BCUT2D eigenvalue weighted by atomic mass is 79.9. The molecule has 1 rings (SSSR count). The van der Waals surface area contributed by atoms with Crippen molar-refractivity contribution in [3.8, 4) is 0 Å². The summed E-state index contributed by atoms with van der Waals surface area (Å²) in [5.41, 5.74) is 1.60. The minimum Gasteiger partial charge on any atom is -0.468 e. The molecule has 0 aliphatic rings. The van der Waals surface area contributed by atoms with Crippen LogP contribution in [0.25, 0.3) is 0 Å². The Morgan fingerprint density at radius 2 is 2.19 bits per heavy atom. The molecule has 0 aromatic heterocycles. The van der Waals surface area contributed by atoms with Gasteiger partial charge in [0.1, 0.15) is 0 Å². The molecular weight excluding hydrogens is 268 g/mol. The number of rotatable bonds is 4. The van der Waals surface area contributed by atoms with Crippen molar-refractivity contribution >= 4 is 21.9 Å². The Morgan fingerprint density at radius 3 is 2.69 bits per heavy atom. The summed E-state index contributed by atoms with van der Waals surface area (Å²) in [7, 11) is 1.44. The number of alkyl halides is 1. The van der Waals surface area contributed by atoms with E-state index in [0.717, 1.165) is 22.9 Å². The predicted octanol–water partition coefficient (Wildman–Crippen LogP) is 3.21. The smallest absolute Gasteiger partial charge is 0.316 e. The first-order valence-electron chi connectivity index (χ1n) is 5.26. The highest BCUT2D eigenvalue weighted by Gasteiger charge is 2.35.